The first-order chi connectivity index (χ1) is 32.1. The molecule has 0 radical (unpaired) electrons. The molecule has 2 heterocycles. The van der Waals surface area contributed by atoms with Crippen molar-refractivity contribution in [2.75, 3.05) is 28.4 Å². The van der Waals surface area contributed by atoms with Crippen LogP contribution in [0, 0.1) is 0 Å². The number of ether oxygens (including phenoxy) is 8. The highest BCUT2D eigenvalue weighted by Crippen LogP contribution is 2.45. The van der Waals surface area contributed by atoms with Gasteiger partial charge in [0.2, 0.25) is 11.8 Å². The number of benzene rings is 2. The zero-order chi connectivity index (χ0) is 54.0. The number of hydrogen-bond acceptors (Lipinski definition) is 15. The average molecular weight is 1370 g/mol. The molecule has 4 rings (SSSR count). The van der Waals surface area contributed by atoms with Crippen molar-refractivity contribution < 1.29 is 71.5 Å². The largest absolute Gasteiger partial charge is 0.519 e. The summed E-state index contributed by atoms with van der Waals surface area (Å²) in [7, 11) is 5.63. The van der Waals surface area contributed by atoms with Crippen LogP contribution >= 0.6 is 95.6 Å². The molecule has 2 amide bonds. The minimum absolute atomic E-state index is 0.0581. The molecular weight excluding hydrogens is 1320 g/mol. The van der Waals surface area contributed by atoms with Crippen LogP contribution in [0.2, 0.25) is 0 Å². The van der Waals surface area contributed by atoms with Crippen molar-refractivity contribution in [3.8, 4) is 11.5 Å². The summed E-state index contributed by atoms with van der Waals surface area (Å²) in [6.07, 6.45) is -2.40. The highest BCUT2D eigenvalue weighted by atomic mass is 79.9. The summed E-state index contributed by atoms with van der Waals surface area (Å²) in [5.41, 5.74) is 0.663. The number of methoxy groups -OCH3 is 4. The first kappa shape index (κ1) is 62.2. The van der Waals surface area contributed by atoms with Crippen LogP contribution in [0.5, 0.6) is 11.5 Å². The first-order valence-electron chi connectivity index (χ1n) is 20.6. The molecule has 3 N–H and O–H groups in total. The molecule has 0 aliphatic carbocycles. The molecule has 0 aliphatic heterocycles. The van der Waals surface area contributed by atoms with Crippen LogP contribution in [0.4, 0.5) is 14.4 Å². The molecule has 388 valence electrons. The zero-order valence-electron chi connectivity index (χ0n) is 41.1. The third kappa shape index (κ3) is 18.0. The number of H-pyrrole nitrogens is 1. The number of nitrogens with one attached hydrogen (secondary N) is 3. The normalized spacial score (nSPS) is 12.2. The smallest absolute Gasteiger partial charge is 0.494 e. The minimum Gasteiger partial charge on any atom is -0.494 e. The standard InChI is InChI=1S/C20H23Br3N2O6.C15H15Br3N2O4.C10H18O5/c1-9(26)24-12(18(27)30-6)7-10-14-13(8-11(21)16(29-5)15(14)22)25(17(10)23)19(28)31-20(2,3)4;1-6(21)19-10(15(22)24-3)4-7-11-9(20-14(7)18)5-8(16)13(23-2)12(11)17;1-9(2,3)14-7(11)13-8(12)15-10(4,5)6/h8,12H,7H2,1-6H3,(H,24,26);5,10,20H,4H2,1-3H3,(H,19,21);1-6H3/t12-;10-;/m00./s1. The second kappa shape index (κ2) is 26.2. The molecule has 2 atom stereocenters. The van der Waals surface area contributed by atoms with E-state index in [1.54, 1.807) is 75.5 Å². The molecule has 0 saturated heterocycles. The van der Waals surface area contributed by atoms with E-state index in [4.69, 9.17) is 33.2 Å². The van der Waals surface area contributed by atoms with E-state index in [0.717, 1.165) is 30.0 Å². The monoisotopic (exact) mass is 1370 g/mol. The topological polar surface area (TPSA) is 238 Å². The minimum atomic E-state index is -1.06. The van der Waals surface area contributed by atoms with E-state index in [1.165, 1.54) is 39.7 Å². The van der Waals surface area contributed by atoms with Gasteiger partial charge in [0.25, 0.3) is 0 Å². The predicted octanol–water partition coefficient (Wildman–Crippen LogP) is 11.5. The molecule has 0 bridgehead atoms. The van der Waals surface area contributed by atoms with Crippen LogP contribution in [0.25, 0.3) is 21.8 Å². The zero-order valence-corrected chi connectivity index (χ0v) is 50.6. The van der Waals surface area contributed by atoms with Crippen molar-refractivity contribution in [3.63, 3.8) is 0 Å². The van der Waals surface area contributed by atoms with Crippen molar-refractivity contribution in [2.45, 2.75) is 118 Å². The van der Waals surface area contributed by atoms with Gasteiger partial charge in [0.1, 0.15) is 40.4 Å². The van der Waals surface area contributed by atoms with E-state index in [9.17, 15) is 33.6 Å². The predicted molar refractivity (Wildman–Crippen MR) is 281 cm³/mol. The maximum absolute atomic E-state index is 13.0. The first-order valence-corrected chi connectivity index (χ1v) is 25.4. The second-order valence-electron chi connectivity index (χ2n) is 17.7. The fourth-order valence-electron chi connectivity index (χ4n) is 6.11. The number of halogens is 6. The van der Waals surface area contributed by atoms with Crippen molar-refractivity contribution in [2.24, 2.45) is 0 Å². The number of hydrogen-bond donors (Lipinski definition) is 3. The molecule has 0 unspecified atom stereocenters. The van der Waals surface area contributed by atoms with Gasteiger partial charge in [-0.15, -0.1) is 0 Å². The summed E-state index contributed by atoms with van der Waals surface area (Å²) in [5, 5.41) is 6.69. The van der Waals surface area contributed by atoms with E-state index >= 15 is 0 Å². The number of esters is 2. The maximum atomic E-state index is 13.0. The fraction of sp³-hybridized carbons (Fsp3) is 0.489. The van der Waals surface area contributed by atoms with Gasteiger partial charge in [0, 0.05) is 43.0 Å². The molecule has 0 aliphatic rings. The molecular formula is C45H56Br6N4O15. The lowest BCUT2D eigenvalue weighted by molar-refractivity contribution is -0.145. The van der Waals surface area contributed by atoms with Gasteiger partial charge >= 0.3 is 30.3 Å². The highest BCUT2D eigenvalue weighted by molar-refractivity contribution is 9.11. The maximum Gasteiger partial charge on any atom is 0.519 e. The lowest BCUT2D eigenvalue weighted by Crippen LogP contribution is -2.42. The second-order valence-corrected chi connectivity index (χ2v) is 22.6. The number of nitrogens with zero attached hydrogens (tertiary/aromatic N) is 1. The van der Waals surface area contributed by atoms with Crippen LogP contribution in [0.15, 0.2) is 39.2 Å². The van der Waals surface area contributed by atoms with Crippen LogP contribution < -0.4 is 20.1 Å². The van der Waals surface area contributed by atoms with E-state index < -0.39 is 59.2 Å². The Hall–Kier alpha value is -3.91. The van der Waals surface area contributed by atoms with Crippen molar-refractivity contribution in [1.82, 2.24) is 20.2 Å². The Morgan fingerprint density at radius 2 is 1.00 bits per heavy atom. The van der Waals surface area contributed by atoms with Gasteiger partial charge in [-0.3, -0.25) is 9.59 Å². The highest BCUT2D eigenvalue weighted by Gasteiger charge is 2.32. The van der Waals surface area contributed by atoms with Crippen LogP contribution in [0.3, 0.4) is 0 Å². The van der Waals surface area contributed by atoms with Gasteiger partial charge in [-0.25, -0.2) is 28.5 Å². The molecule has 0 spiro atoms. The molecule has 19 nitrogen and oxygen atoms in total. The third-order valence-electron chi connectivity index (χ3n) is 8.60. The van der Waals surface area contributed by atoms with Crippen molar-refractivity contribution >= 4 is 160 Å². The Morgan fingerprint density at radius 1 is 0.600 bits per heavy atom. The Kier molecular flexibility index (Phi) is 23.3. The number of rotatable bonds is 10. The third-order valence-corrected chi connectivity index (χ3v) is 12.8. The molecule has 2 aromatic carbocycles. The number of aromatic nitrogens is 2. The number of aromatic amines is 1. The van der Waals surface area contributed by atoms with Crippen LogP contribution in [-0.2, 0) is 60.4 Å². The molecule has 0 saturated carbocycles. The van der Waals surface area contributed by atoms with Gasteiger partial charge in [-0.1, -0.05) is 0 Å². The van der Waals surface area contributed by atoms with Gasteiger partial charge in [0.05, 0.1) is 61.1 Å². The summed E-state index contributed by atoms with van der Waals surface area (Å²) in [6.45, 7) is 18.0. The fourth-order valence-corrected chi connectivity index (χ4v) is 10.7. The Morgan fingerprint density at radius 3 is 1.39 bits per heavy atom. The Bertz CT molecular complexity index is 2580. The lowest BCUT2D eigenvalue weighted by Gasteiger charge is -2.20. The van der Waals surface area contributed by atoms with Gasteiger partial charge in [-0.2, -0.15) is 0 Å². The quantitative estimate of drug-likeness (QED) is 0.0760. The van der Waals surface area contributed by atoms with Crippen molar-refractivity contribution in [3.05, 3.63) is 50.4 Å². The molecule has 0 fully saturated rings. The summed E-state index contributed by atoms with van der Waals surface area (Å²) in [4.78, 5) is 85.6. The van der Waals surface area contributed by atoms with E-state index in [2.05, 4.69) is 116 Å². The van der Waals surface area contributed by atoms with Gasteiger partial charge in [0.15, 0.2) is 0 Å². The molecule has 70 heavy (non-hydrogen) atoms. The van der Waals surface area contributed by atoms with Crippen molar-refractivity contribution in [1.29, 1.82) is 0 Å². The number of carbonyl (C=O) groups is 7. The van der Waals surface area contributed by atoms with Gasteiger partial charge in [-0.05, 0) is 181 Å². The van der Waals surface area contributed by atoms with Gasteiger partial charge < -0.3 is 53.5 Å². The average Bonchev–Trinajstić information content (AvgIpc) is 3.65. The summed E-state index contributed by atoms with van der Waals surface area (Å²) in [5.74, 6) is -0.657. The Balaban J connectivity index is 0.000000383. The summed E-state index contributed by atoms with van der Waals surface area (Å²) in [6, 6.07) is 1.86. The lowest BCUT2D eigenvalue weighted by atomic mass is 10.0. The van der Waals surface area contributed by atoms with E-state index in [0.29, 0.717) is 41.5 Å². The van der Waals surface area contributed by atoms with E-state index in [-0.39, 0.29) is 24.7 Å². The van der Waals surface area contributed by atoms with Crippen LogP contribution in [0.1, 0.15) is 87.3 Å². The number of fused-ring (bicyclic) bond motifs is 2. The molecule has 2 aromatic heterocycles. The Labute approximate surface area is 455 Å². The summed E-state index contributed by atoms with van der Waals surface area (Å²) >= 11 is 21.0. The SMILES string of the molecule is CC(C)(C)OC(=O)OC(=O)OC(C)(C)C.COC(=O)[C@H](Cc1c(Br)[nH]c2cc(Br)c(OC)c(Br)c12)NC(C)=O.COC(=O)[C@H](Cc1c(Br)n(C(=O)OC(C)(C)C)c2cc(Br)c(OC)c(Br)c12)NC(C)=O. The summed E-state index contributed by atoms with van der Waals surface area (Å²) < 4.78 is 45.1. The molecule has 4 aromatic rings. The number of amides is 2. The van der Waals surface area contributed by atoms with E-state index in [1.807, 2.05) is 6.07 Å². The number of carbonyl (C=O) groups excluding carboxylic acids is 7. The molecule has 25 heteroatoms. The van der Waals surface area contributed by atoms with Crippen LogP contribution in [-0.4, -0.2) is 109 Å².